The van der Waals surface area contributed by atoms with Gasteiger partial charge in [-0.05, 0) is 30.3 Å². The van der Waals surface area contributed by atoms with E-state index in [0.29, 0.717) is 11.3 Å². The Kier molecular flexibility index (Phi) is 2.17. The molecule has 0 fully saturated rings. The number of carboxylic acids is 1. The van der Waals surface area contributed by atoms with E-state index in [1.807, 2.05) is 0 Å². The van der Waals surface area contributed by atoms with Crippen LogP contribution in [0.2, 0.25) is 0 Å². The van der Waals surface area contributed by atoms with E-state index in [1.54, 1.807) is 24.3 Å². The van der Waals surface area contributed by atoms with Crippen LogP contribution in [0.4, 0.5) is 5.69 Å². The van der Waals surface area contributed by atoms with E-state index in [-0.39, 0.29) is 11.3 Å². The molecule has 0 atom stereocenters. The van der Waals surface area contributed by atoms with Crippen LogP contribution in [0.15, 0.2) is 41.0 Å². The molecule has 0 radical (unpaired) electrons. The number of nitrogen functional groups attached to an aromatic ring is 1. The zero-order valence-electron chi connectivity index (χ0n) is 7.81. The monoisotopic (exact) mass is 203 g/mol. The lowest BCUT2D eigenvalue weighted by Crippen LogP contribution is -2.02. The van der Waals surface area contributed by atoms with Crippen molar-refractivity contribution < 1.29 is 14.3 Å². The molecule has 15 heavy (non-hydrogen) atoms. The number of nitrogens with two attached hydrogens (primary N) is 1. The van der Waals surface area contributed by atoms with Crippen LogP contribution in [0.25, 0.3) is 11.3 Å². The Hall–Kier alpha value is -2.23. The number of hydrogen-bond acceptors (Lipinski definition) is 3. The number of aromatic carboxylic acids is 1. The number of rotatable bonds is 2. The Morgan fingerprint density at radius 2 is 2.13 bits per heavy atom. The Morgan fingerprint density at radius 3 is 2.73 bits per heavy atom. The van der Waals surface area contributed by atoms with Gasteiger partial charge in [-0.15, -0.1) is 0 Å². The Morgan fingerprint density at radius 1 is 1.33 bits per heavy atom. The van der Waals surface area contributed by atoms with Gasteiger partial charge in [0.2, 0.25) is 0 Å². The summed E-state index contributed by atoms with van der Waals surface area (Å²) in [6.07, 6.45) is 1.53. The fraction of sp³-hybridized carbons (Fsp3) is 0. The fourth-order valence-electron chi connectivity index (χ4n) is 1.34. The summed E-state index contributed by atoms with van der Waals surface area (Å²) in [6, 6.07) is 8.28. The minimum atomic E-state index is -1.04. The molecule has 76 valence electrons. The van der Waals surface area contributed by atoms with Gasteiger partial charge in [-0.2, -0.15) is 0 Å². The molecule has 0 bridgehead atoms. The largest absolute Gasteiger partial charge is 0.478 e. The van der Waals surface area contributed by atoms with E-state index in [1.165, 1.54) is 12.3 Å². The van der Waals surface area contributed by atoms with Gasteiger partial charge in [-0.3, -0.25) is 0 Å². The molecular weight excluding hydrogens is 194 g/mol. The quantitative estimate of drug-likeness (QED) is 0.733. The third kappa shape index (κ3) is 1.69. The second-order valence-corrected chi connectivity index (χ2v) is 3.08. The standard InChI is InChI=1S/C11H9NO3/c12-9-4-3-7(6-8(9)11(13)14)10-2-1-5-15-10/h1-6H,12H2,(H,13,14). The van der Waals surface area contributed by atoms with Crippen LogP contribution in [-0.4, -0.2) is 11.1 Å². The maximum atomic E-state index is 10.8. The highest BCUT2D eigenvalue weighted by Crippen LogP contribution is 2.24. The number of anilines is 1. The second kappa shape index (κ2) is 3.49. The van der Waals surface area contributed by atoms with Gasteiger partial charge in [-0.1, -0.05) is 0 Å². The maximum Gasteiger partial charge on any atom is 0.337 e. The third-order valence-corrected chi connectivity index (χ3v) is 2.09. The van der Waals surface area contributed by atoms with Crippen molar-refractivity contribution >= 4 is 11.7 Å². The van der Waals surface area contributed by atoms with E-state index >= 15 is 0 Å². The summed E-state index contributed by atoms with van der Waals surface area (Å²) in [7, 11) is 0. The summed E-state index contributed by atoms with van der Waals surface area (Å²) in [5.74, 6) is -0.418. The zero-order valence-corrected chi connectivity index (χ0v) is 7.81. The number of carbonyl (C=O) groups is 1. The molecule has 4 heteroatoms. The molecule has 0 unspecified atom stereocenters. The predicted octanol–water partition coefficient (Wildman–Crippen LogP) is 2.23. The minimum Gasteiger partial charge on any atom is -0.478 e. The van der Waals surface area contributed by atoms with Crippen molar-refractivity contribution in [2.45, 2.75) is 0 Å². The molecule has 0 saturated heterocycles. The average Bonchev–Trinajstić information content (AvgIpc) is 2.71. The van der Waals surface area contributed by atoms with Crippen LogP contribution in [0.3, 0.4) is 0 Å². The number of furan rings is 1. The minimum absolute atomic E-state index is 0.0869. The summed E-state index contributed by atoms with van der Waals surface area (Å²) in [6.45, 7) is 0. The second-order valence-electron chi connectivity index (χ2n) is 3.08. The highest BCUT2D eigenvalue weighted by molar-refractivity contribution is 5.95. The van der Waals surface area contributed by atoms with Gasteiger partial charge in [0.1, 0.15) is 5.76 Å². The van der Waals surface area contributed by atoms with Crippen LogP contribution in [0, 0.1) is 0 Å². The maximum absolute atomic E-state index is 10.8. The van der Waals surface area contributed by atoms with Gasteiger partial charge in [0.15, 0.2) is 0 Å². The first-order chi connectivity index (χ1) is 7.18. The Bertz CT molecular complexity index is 489. The first-order valence-corrected chi connectivity index (χ1v) is 4.35. The van der Waals surface area contributed by atoms with E-state index in [9.17, 15) is 4.79 Å². The molecule has 1 heterocycles. The van der Waals surface area contributed by atoms with Gasteiger partial charge in [0, 0.05) is 11.3 Å². The molecule has 0 spiro atoms. The van der Waals surface area contributed by atoms with Crippen molar-refractivity contribution in [2.75, 3.05) is 5.73 Å². The average molecular weight is 203 g/mol. The summed E-state index contributed by atoms with van der Waals surface area (Å²) in [5.41, 5.74) is 6.57. The number of hydrogen-bond donors (Lipinski definition) is 2. The molecule has 4 nitrogen and oxygen atoms in total. The van der Waals surface area contributed by atoms with Crippen molar-refractivity contribution in [3.05, 3.63) is 42.2 Å². The lowest BCUT2D eigenvalue weighted by atomic mass is 10.1. The highest BCUT2D eigenvalue weighted by Gasteiger charge is 2.10. The van der Waals surface area contributed by atoms with Crippen LogP contribution in [-0.2, 0) is 0 Å². The lowest BCUT2D eigenvalue weighted by molar-refractivity contribution is 0.0698. The molecule has 0 aliphatic heterocycles. The van der Waals surface area contributed by atoms with Crippen molar-refractivity contribution in [3.8, 4) is 11.3 Å². The molecule has 2 rings (SSSR count). The first kappa shape index (κ1) is 9.33. The van der Waals surface area contributed by atoms with Gasteiger partial charge in [0.05, 0.1) is 11.8 Å². The van der Waals surface area contributed by atoms with Crippen LogP contribution in [0.5, 0.6) is 0 Å². The molecule has 1 aromatic heterocycles. The van der Waals surface area contributed by atoms with Crippen molar-refractivity contribution in [3.63, 3.8) is 0 Å². The van der Waals surface area contributed by atoms with E-state index in [0.717, 1.165) is 0 Å². The van der Waals surface area contributed by atoms with Gasteiger partial charge < -0.3 is 15.3 Å². The molecule has 0 saturated carbocycles. The summed E-state index contributed by atoms with van der Waals surface area (Å²) in [4.78, 5) is 10.8. The molecule has 2 aromatic rings. The van der Waals surface area contributed by atoms with Gasteiger partial charge in [-0.25, -0.2) is 4.79 Å². The van der Waals surface area contributed by atoms with Crippen molar-refractivity contribution in [1.29, 1.82) is 0 Å². The van der Waals surface area contributed by atoms with Gasteiger partial charge >= 0.3 is 5.97 Å². The van der Waals surface area contributed by atoms with E-state index in [2.05, 4.69) is 0 Å². The predicted molar refractivity (Wildman–Crippen MR) is 55.5 cm³/mol. The molecule has 0 aliphatic rings. The Labute approximate surface area is 85.9 Å². The number of carboxylic acid groups (broad SMARTS) is 1. The summed E-state index contributed by atoms with van der Waals surface area (Å²) >= 11 is 0. The normalized spacial score (nSPS) is 10.1. The fourth-order valence-corrected chi connectivity index (χ4v) is 1.34. The van der Waals surface area contributed by atoms with E-state index in [4.69, 9.17) is 15.3 Å². The van der Waals surface area contributed by atoms with Crippen LogP contribution < -0.4 is 5.73 Å². The van der Waals surface area contributed by atoms with Gasteiger partial charge in [0.25, 0.3) is 0 Å². The SMILES string of the molecule is Nc1ccc(-c2ccco2)cc1C(=O)O. The summed E-state index contributed by atoms with van der Waals surface area (Å²) < 4.78 is 5.16. The zero-order chi connectivity index (χ0) is 10.8. The van der Waals surface area contributed by atoms with Crippen molar-refractivity contribution in [2.24, 2.45) is 0 Å². The lowest BCUT2D eigenvalue weighted by Gasteiger charge is -2.02. The van der Waals surface area contributed by atoms with Crippen molar-refractivity contribution in [1.82, 2.24) is 0 Å². The topological polar surface area (TPSA) is 76.5 Å². The highest BCUT2D eigenvalue weighted by atomic mass is 16.4. The smallest absolute Gasteiger partial charge is 0.337 e. The van der Waals surface area contributed by atoms with E-state index < -0.39 is 5.97 Å². The molecule has 0 aliphatic carbocycles. The molecule has 0 amide bonds. The first-order valence-electron chi connectivity index (χ1n) is 4.35. The third-order valence-electron chi connectivity index (χ3n) is 2.09. The van der Waals surface area contributed by atoms with Crippen LogP contribution in [0.1, 0.15) is 10.4 Å². The summed E-state index contributed by atoms with van der Waals surface area (Å²) in [5, 5.41) is 8.88. The van der Waals surface area contributed by atoms with Crippen LogP contribution >= 0.6 is 0 Å². The Balaban J connectivity index is 2.52. The number of benzene rings is 1. The molecule has 1 aromatic carbocycles. The molecular formula is C11H9NO3. The molecule has 3 N–H and O–H groups in total.